The topological polar surface area (TPSA) is 74.4 Å². The van der Waals surface area contributed by atoms with Crippen LogP contribution in [-0.2, 0) is 16.0 Å². The minimum atomic E-state index is -0.387. The second-order valence-corrected chi connectivity index (χ2v) is 4.88. The fourth-order valence-electron chi connectivity index (χ4n) is 1.85. The lowest BCUT2D eigenvalue weighted by molar-refractivity contribution is -0.120. The van der Waals surface area contributed by atoms with Crippen molar-refractivity contribution in [3.63, 3.8) is 0 Å². The first-order chi connectivity index (χ1) is 9.45. The lowest BCUT2D eigenvalue weighted by Gasteiger charge is -2.10. The second-order valence-electron chi connectivity index (χ2n) is 4.88. The van der Waals surface area contributed by atoms with Gasteiger partial charge in [-0.05, 0) is 33.5 Å². The normalized spacial score (nSPS) is 10.7. The molecule has 6 nitrogen and oxygen atoms in total. The maximum Gasteiger partial charge on any atom is 0.340 e. The molecular formula is C14H23N3O3. The Morgan fingerprint density at radius 2 is 2.10 bits per heavy atom. The van der Waals surface area contributed by atoms with Gasteiger partial charge in [0.25, 0.3) is 0 Å². The van der Waals surface area contributed by atoms with E-state index in [1.807, 2.05) is 25.9 Å². The zero-order valence-corrected chi connectivity index (χ0v) is 12.6. The molecule has 6 heteroatoms. The zero-order chi connectivity index (χ0) is 15.1. The lowest BCUT2D eigenvalue weighted by atomic mass is 10.1. The quantitative estimate of drug-likeness (QED) is 0.722. The number of nitrogens with zero attached hydrogens (tertiary/aromatic N) is 1. The van der Waals surface area contributed by atoms with Gasteiger partial charge in [-0.15, -0.1) is 0 Å². The molecule has 1 heterocycles. The number of hydrogen-bond acceptors (Lipinski definition) is 4. The number of H-pyrrole nitrogens is 1. The summed E-state index contributed by atoms with van der Waals surface area (Å²) in [6.07, 6.45) is 1.87. The van der Waals surface area contributed by atoms with Crippen LogP contribution in [0.5, 0.6) is 0 Å². The van der Waals surface area contributed by atoms with Gasteiger partial charge in [0.15, 0.2) is 0 Å². The number of esters is 1. The van der Waals surface area contributed by atoms with E-state index in [9.17, 15) is 9.59 Å². The summed E-state index contributed by atoms with van der Waals surface area (Å²) in [5, 5.41) is 2.82. The Morgan fingerprint density at radius 3 is 2.70 bits per heavy atom. The van der Waals surface area contributed by atoms with E-state index >= 15 is 0 Å². The molecular weight excluding hydrogens is 258 g/mol. The number of aryl methyl sites for hydroxylation is 1. The highest BCUT2D eigenvalue weighted by Gasteiger charge is 2.19. The number of ether oxygens (including phenoxy) is 1. The van der Waals surface area contributed by atoms with Crippen molar-refractivity contribution in [2.75, 3.05) is 33.8 Å². The Bertz CT molecular complexity index is 466. The van der Waals surface area contributed by atoms with Crippen LogP contribution in [0.2, 0.25) is 0 Å². The largest absolute Gasteiger partial charge is 0.462 e. The fourth-order valence-corrected chi connectivity index (χ4v) is 1.85. The molecule has 0 aliphatic rings. The minimum Gasteiger partial charge on any atom is -0.462 e. The highest BCUT2D eigenvalue weighted by Crippen LogP contribution is 2.15. The number of carbonyl (C=O) groups is 2. The van der Waals surface area contributed by atoms with Gasteiger partial charge < -0.3 is 19.9 Å². The molecule has 0 aromatic carbocycles. The van der Waals surface area contributed by atoms with Crippen molar-refractivity contribution in [3.05, 3.63) is 23.0 Å². The van der Waals surface area contributed by atoms with Crippen LogP contribution in [0.3, 0.4) is 0 Å². The van der Waals surface area contributed by atoms with Crippen LogP contribution in [0, 0.1) is 6.92 Å². The van der Waals surface area contributed by atoms with E-state index in [0.717, 1.165) is 12.1 Å². The molecule has 1 aromatic heterocycles. The standard InChI is InChI=1S/C14H23N3O3/c1-5-20-14(19)13-10(2)9-16-11(13)8-12(18)15-6-7-17(3)4/h9,16H,5-8H2,1-4H3,(H,15,18). The summed E-state index contributed by atoms with van der Waals surface area (Å²) in [6, 6.07) is 0. The van der Waals surface area contributed by atoms with E-state index in [0.29, 0.717) is 24.4 Å². The number of carbonyl (C=O) groups excluding carboxylic acids is 2. The highest BCUT2D eigenvalue weighted by molar-refractivity contribution is 5.94. The minimum absolute atomic E-state index is 0.112. The number of aromatic amines is 1. The van der Waals surface area contributed by atoms with Crippen LogP contribution in [-0.4, -0.2) is 55.6 Å². The van der Waals surface area contributed by atoms with E-state index in [1.54, 1.807) is 13.1 Å². The van der Waals surface area contributed by atoms with Gasteiger partial charge in [-0.2, -0.15) is 0 Å². The molecule has 0 atom stereocenters. The third kappa shape index (κ3) is 4.70. The SMILES string of the molecule is CCOC(=O)c1c(C)c[nH]c1CC(=O)NCCN(C)C. The molecule has 1 rings (SSSR count). The van der Waals surface area contributed by atoms with Crippen LogP contribution < -0.4 is 5.32 Å². The summed E-state index contributed by atoms with van der Waals surface area (Å²) in [5.74, 6) is -0.499. The van der Waals surface area contributed by atoms with Gasteiger partial charge in [-0.3, -0.25) is 4.79 Å². The number of nitrogens with one attached hydrogen (secondary N) is 2. The molecule has 112 valence electrons. The van der Waals surface area contributed by atoms with E-state index in [-0.39, 0.29) is 18.3 Å². The molecule has 1 aromatic rings. The monoisotopic (exact) mass is 281 g/mol. The maximum atomic E-state index is 11.9. The van der Waals surface area contributed by atoms with E-state index < -0.39 is 0 Å². The summed E-state index contributed by atoms with van der Waals surface area (Å²) in [7, 11) is 3.89. The summed E-state index contributed by atoms with van der Waals surface area (Å²) >= 11 is 0. The van der Waals surface area contributed by atoms with Gasteiger partial charge in [0.1, 0.15) is 0 Å². The van der Waals surface area contributed by atoms with Crippen LogP contribution in [0.15, 0.2) is 6.20 Å². The predicted molar refractivity (Wildman–Crippen MR) is 76.8 cm³/mol. The first-order valence-electron chi connectivity index (χ1n) is 6.71. The summed E-state index contributed by atoms with van der Waals surface area (Å²) in [5.41, 5.74) is 1.86. The van der Waals surface area contributed by atoms with Gasteiger partial charge in [0.2, 0.25) is 5.91 Å². The van der Waals surface area contributed by atoms with Crippen molar-refractivity contribution in [1.29, 1.82) is 0 Å². The van der Waals surface area contributed by atoms with Gasteiger partial charge in [-0.1, -0.05) is 0 Å². The summed E-state index contributed by atoms with van der Waals surface area (Å²) in [4.78, 5) is 28.6. The van der Waals surface area contributed by atoms with Gasteiger partial charge in [0.05, 0.1) is 18.6 Å². The number of likely N-dealkylation sites (N-methyl/N-ethyl adjacent to an activating group) is 1. The first-order valence-corrected chi connectivity index (χ1v) is 6.71. The first kappa shape index (κ1) is 16.2. The van der Waals surface area contributed by atoms with Crippen LogP contribution in [0.1, 0.15) is 28.5 Å². The van der Waals surface area contributed by atoms with Gasteiger partial charge in [0, 0.05) is 25.0 Å². The van der Waals surface area contributed by atoms with E-state index in [4.69, 9.17) is 4.74 Å². The smallest absolute Gasteiger partial charge is 0.340 e. The Hall–Kier alpha value is -1.82. The lowest BCUT2D eigenvalue weighted by Crippen LogP contribution is -2.32. The second kappa shape index (κ2) is 7.69. The number of aromatic nitrogens is 1. The van der Waals surface area contributed by atoms with Gasteiger partial charge in [-0.25, -0.2) is 4.79 Å². The average Bonchev–Trinajstić information content (AvgIpc) is 2.70. The number of hydrogen-bond donors (Lipinski definition) is 2. The molecule has 0 radical (unpaired) electrons. The fraction of sp³-hybridized carbons (Fsp3) is 0.571. The molecule has 0 unspecified atom stereocenters. The third-order valence-electron chi connectivity index (χ3n) is 2.86. The summed E-state index contributed by atoms with van der Waals surface area (Å²) < 4.78 is 5.00. The predicted octanol–water partition coefficient (Wildman–Crippen LogP) is 0.720. The molecule has 0 aliphatic heterocycles. The molecule has 0 spiro atoms. The molecule has 0 aliphatic carbocycles. The van der Waals surface area contributed by atoms with Gasteiger partial charge >= 0.3 is 5.97 Å². The molecule has 1 amide bonds. The molecule has 0 saturated heterocycles. The van der Waals surface area contributed by atoms with Crippen LogP contribution in [0.25, 0.3) is 0 Å². The third-order valence-corrected chi connectivity index (χ3v) is 2.86. The molecule has 0 bridgehead atoms. The van der Waals surface area contributed by atoms with Crippen molar-refractivity contribution in [1.82, 2.24) is 15.2 Å². The Kier molecular flexibility index (Phi) is 6.24. The Morgan fingerprint density at radius 1 is 1.40 bits per heavy atom. The molecule has 2 N–H and O–H groups in total. The van der Waals surface area contributed by atoms with E-state index in [1.165, 1.54) is 0 Å². The zero-order valence-electron chi connectivity index (χ0n) is 12.6. The van der Waals surface area contributed by atoms with Crippen LogP contribution in [0.4, 0.5) is 0 Å². The van der Waals surface area contributed by atoms with Crippen molar-refractivity contribution >= 4 is 11.9 Å². The van der Waals surface area contributed by atoms with Crippen molar-refractivity contribution < 1.29 is 14.3 Å². The van der Waals surface area contributed by atoms with Crippen molar-refractivity contribution in [2.24, 2.45) is 0 Å². The number of rotatable bonds is 7. The van der Waals surface area contributed by atoms with E-state index in [2.05, 4.69) is 10.3 Å². The van der Waals surface area contributed by atoms with Crippen molar-refractivity contribution in [2.45, 2.75) is 20.3 Å². The molecule has 20 heavy (non-hydrogen) atoms. The Labute approximate surface area is 119 Å². The molecule has 0 fully saturated rings. The Balaban J connectivity index is 2.63. The van der Waals surface area contributed by atoms with Crippen molar-refractivity contribution in [3.8, 4) is 0 Å². The summed E-state index contributed by atoms with van der Waals surface area (Å²) in [6.45, 7) is 5.25. The number of amides is 1. The maximum absolute atomic E-state index is 11.9. The average molecular weight is 281 g/mol. The highest BCUT2D eigenvalue weighted by atomic mass is 16.5. The molecule has 0 saturated carbocycles. The van der Waals surface area contributed by atoms with Crippen LogP contribution >= 0.6 is 0 Å².